The number of benzene rings is 1. The number of nitrogens with zero attached hydrogens (tertiary/aromatic N) is 4. The molecule has 0 aliphatic rings. The van der Waals surface area contributed by atoms with E-state index in [1.165, 1.54) is 23.4 Å². The Hall–Kier alpha value is -2.23. The molecule has 0 aliphatic heterocycles. The van der Waals surface area contributed by atoms with Crippen LogP contribution in [0, 0.1) is 0 Å². The van der Waals surface area contributed by atoms with Crippen molar-refractivity contribution in [3.8, 4) is 0 Å². The zero-order valence-electron chi connectivity index (χ0n) is 15.3. The second-order valence-electron chi connectivity index (χ2n) is 5.98. The minimum Gasteiger partial charge on any atom is -0.324 e. The second kappa shape index (κ2) is 8.02. The number of nitrogens with one attached hydrogen (secondary N) is 1. The topological polar surface area (TPSA) is 90.9 Å². The maximum Gasteiger partial charge on any atom is 0.332 e. The molecule has 0 radical (unpaired) electrons. The number of thioether (sulfide) groups is 1. The Morgan fingerprint density at radius 1 is 1.21 bits per heavy atom. The Bertz CT molecular complexity index is 1200. The molecule has 0 aliphatic carbocycles. The van der Waals surface area contributed by atoms with E-state index in [1.54, 1.807) is 29.8 Å². The minimum absolute atomic E-state index is 0.0521. The Kier molecular flexibility index (Phi) is 5.87. The van der Waals surface area contributed by atoms with Crippen molar-refractivity contribution in [2.45, 2.75) is 18.6 Å². The van der Waals surface area contributed by atoms with E-state index in [2.05, 4.69) is 10.3 Å². The first-order valence-corrected chi connectivity index (χ1v) is 10.0. The molecule has 2 heterocycles. The highest BCUT2D eigenvalue weighted by Crippen LogP contribution is 2.26. The number of hydrogen-bond donors (Lipinski definition) is 1. The van der Waals surface area contributed by atoms with Gasteiger partial charge in [0.15, 0.2) is 16.3 Å². The summed E-state index contributed by atoms with van der Waals surface area (Å²) in [5.41, 5.74) is 0.202. The molecule has 1 aromatic carbocycles. The van der Waals surface area contributed by atoms with Gasteiger partial charge in [-0.3, -0.25) is 18.7 Å². The lowest BCUT2D eigenvalue weighted by Crippen LogP contribution is -2.37. The zero-order valence-corrected chi connectivity index (χ0v) is 17.7. The molecule has 11 heteroatoms. The third-order valence-corrected chi connectivity index (χ3v) is 5.69. The Labute approximate surface area is 174 Å². The van der Waals surface area contributed by atoms with Crippen LogP contribution in [0.3, 0.4) is 0 Å². The monoisotopic (exact) mass is 441 g/mol. The van der Waals surface area contributed by atoms with Gasteiger partial charge in [-0.1, -0.05) is 35.0 Å². The summed E-state index contributed by atoms with van der Waals surface area (Å²) in [6.45, 7) is 2.33. The molecule has 0 saturated heterocycles. The first-order chi connectivity index (χ1) is 13.2. The Morgan fingerprint density at radius 2 is 1.93 bits per heavy atom. The van der Waals surface area contributed by atoms with Gasteiger partial charge in [0.2, 0.25) is 5.91 Å². The van der Waals surface area contributed by atoms with Gasteiger partial charge in [0.05, 0.1) is 16.5 Å². The molecule has 0 fully saturated rings. The molecule has 0 saturated carbocycles. The van der Waals surface area contributed by atoms with E-state index in [1.807, 2.05) is 6.92 Å². The molecule has 1 amide bonds. The van der Waals surface area contributed by atoms with Gasteiger partial charge in [-0.15, -0.1) is 0 Å². The largest absolute Gasteiger partial charge is 0.332 e. The van der Waals surface area contributed by atoms with Gasteiger partial charge in [-0.2, -0.15) is 0 Å². The summed E-state index contributed by atoms with van der Waals surface area (Å²) >= 11 is 13.1. The van der Waals surface area contributed by atoms with E-state index in [4.69, 9.17) is 23.2 Å². The molecule has 148 valence electrons. The van der Waals surface area contributed by atoms with Crippen LogP contribution in [0.25, 0.3) is 11.2 Å². The van der Waals surface area contributed by atoms with Gasteiger partial charge in [0.1, 0.15) is 0 Å². The zero-order chi connectivity index (χ0) is 20.6. The fourth-order valence-electron chi connectivity index (χ4n) is 2.74. The number of aryl methyl sites for hydroxylation is 2. The number of carbonyl (C=O) groups is 1. The van der Waals surface area contributed by atoms with Gasteiger partial charge in [0.25, 0.3) is 5.56 Å². The highest BCUT2D eigenvalue weighted by Gasteiger charge is 2.19. The van der Waals surface area contributed by atoms with Crippen molar-refractivity contribution in [2.75, 3.05) is 11.1 Å². The van der Waals surface area contributed by atoms with Crippen molar-refractivity contribution >= 4 is 57.7 Å². The van der Waals surface area contributed by atoms with Crippen molar-refractivity contribution in [3.63, 3.8) is 0 Å². The Balaban J connectivity index is 1.87. The van der Waals surface area contributed by atoms with Crippen molar-refractivity contribution in [1.29, 1.82) is 0 Å². The van der Waals surface area contributed by atoms with Crippen molar-refractivity contribution in [3.05, 3.63) is 49.1 Å². The van der Waals surface area contributed by atoms with Crippen molar-refractivity contribution in [1.82, 2.24) is 18.7 Å². The highest BCUT2D eigenvalue weighted by atomic mass is 35.5. The number of carbonyl (C=O) groups excluding carboxylic acids is 1. The molecule has 3 aromatic rings. The van der Waals surface area contributed by atoms with Gasteiger partial charge in [-0.05, 0) is 25.1 Å². The molecule has 1 N–H and O–H groups in total. The first-order valence-electron chi connectivity index (χ1n) is 8.28. The van der Waals surface area contributed by atoms with E-state index >= 15 is 0 Å². The fraction of sp³-hybridized carbons (Fsp3) is 0.294. The maximum atomic E-state index is 12.5. The molecule has 0 unspecified atom stereocenters. The molecule has 0 atom stereocenters. The molecule has 0 bridgehead atoms. The third-order valence-electron chi connectivity index (χ3n) is 4.17. The van der Waals surface area contributed by atoms with E-state index < -0.39 is 11.2 Å². The van der Waals surface area contributed by atoms with Crippen LogP contribution >= 0.6 is 35.0 Å². The van der Waals surface area contributed by atoms with Crippen molar-refractivity contribution in [2.24, 2.45) is 14.1 Å². The average molecular weight is 442 g/mol. The number of halogens is 2. The van der Waals surface area contributed by atoms with Crippen LogP contribution in [0.15, 0.2) is 32.9 Å². The van der Waals surface area contributed by atoms with Crippen LogP contribution in [0.4, 0.5) is 5.69 Å². The lowest BCUT2D eigenvalue weighted by molar-refractivity contribution is -0.113. The standard InChI is InChI=1S/C17H17Cl2N5O3S/c1-4-24-13-14(22(2)17(27)23(3)15(13)26)21-16(24)28-8-12(25)20-11-6-5-9(18)7-10(11)19/h5-7H,4,8H2,1-3H3,(H,20,25). The lowest BCUT2D eigenvalue weighted by atomic mass is 10.3. The summed E-state index contributed by atoms with van der Waals surface area (Å²) in [7, 11) is 2.98. The molecular formula is C17H17Cl2N5O3S. The normalized spacial score (nSPS) is 11.2. The molecule has 3 rings (SSSR count). The van der Waals surface area contributed by atoms with Crippen LogP contribution in [0.1, 0.15) is 6.92 Å². The quantitative estimate of drug-likeness (QED) is 0.614. The van der Waals surface area contributed by atoms with Crippen LogP contribution in [-0.2, 0) is 25.4 Å². The summed E-state index contributed by atoms with van der Waals surface area (Å²) in [6.07, 6.45) is 0. The smallest absolute Gasteiger partial charge is 0.324 e. The molecule has 2 aromatic heterocycles. The number of fused-ring (bicyclic) bond motifs is 1. The molecule has 8 nitrogen and oxygen atoms in total. The predicted octanol–water partition coefficient (Wildman–Crippen LogP) is 2.49. The Morgan fingerprint density at radius 3 is 2.57 bits per heavy atom. The van der Waals surface area contributed by atoms with Crippen molar-refractivity contribution < 1.29 is 4.79 Å². The van der Waals surface area contributed by atoms with Gasteiger partial charge >= 0.3 is 5.69 Å². The van der Waals surface area contributed by atoms with Crippen LogP contribution in [-0.4, -0.2) is 30.3 Å². The fourth-order valence-corrected chi connectivity index (χ4v) is 4.05. The van der Waals surface area contributed by atoms with E-state index in [0.717, 1.165) is 4.57 Å². The molecular weight excluding hydrogens is 425 g/mol. The second-order valence-corrected chi connectivity index (χ2v) is 7.76. The van der Waals surface area contributed by atoms with Crippen LogP contribution in [0.2, 0.25) is 10.0 Å². The summed E-state index contributed by atoms with van der Waals surface area (Å²) in [6, 6.07) is 4.79. The molecule has 28 heavy (non-hydrogen) atoms. The lowest BCUT2D eigenvalue weighted by Gasteiger charge is -2.08. The summed E-state index contributed by atoms with van der Waals surface area (Å²) in [4.78, 5) is 41.3. The molecule has 0 spiro atoms. The number of imidazole rings is 1. The highest BCUT2D eigenvalue weighted by molar-refractivity contribution is 7.99. The third kappa shape index (κ3) is 3.69. The maximum absolute atomic E-state index is 12.5. The SMILES string of the molecule is CCn1c(SCC(=O)Nc2ccc(Cl)cc2Cl)nc2c1c(=O)n(C)c(=O)n2C. The van der Waals surface area contributed by atoms with E-state index in [9.17, 15) is 14.4 Å². The van der Waals surface area contributed by atoms with E-state index in [-0.39, 0.29) is 11.7 Å². The van der Waals surface area contributed by atoms with Crippen LogP contribution in [0.5, 0.6) is 0 Å². The number of hydrogen-bond acceptors (Lipinski definition) is 5. The number of anilines is 1. The first kappa shape index (κ1) is 20.5. The number of rotatable bonds is 5. The number of aromatic nitrogens is 4. The van der Waals surface area contributed by atoms with Crippen LogP contribution < -0.4 is 16.6 Å². The van der Waals surface area contributed by atoms with Gasteiger partial charge in [0, 0.05) is 25.7 Å². The minimum atomic E-state index is -0.454. The average Bonchev–Trinajstić information content (AvgIpc) is 3.04. The van der Waals surface area contributed by atoms with E-state index in [0.29, 0.717) is 38.6 Å². The van der Waals surface area contributed by atoms with Gasteiger partial charge in [-0.25, -0.2) is 9.78 Å². The predicted molar refractivity (Wildman–Crippen MR) is 112 cm³/mol. The van der Waals surface area contributed by atoms with Gasteiger partial charge < -0.3 is 9.88 Å². The summed E-state index contributed by atoms with van der Waals surface area (Å²) in [5.74, 6) is -0.234. The number of amides is 1. The summed E-state index contributed by atoms with van der Waals surface area (Å²) in [5, 5.41) is 4.00. The summed E-state index contributed by atoms with van der Waals surface area (Å²) < 4.78 is 4.06.